The average Bonchev–Trinajstić information content (AvgIpc) is 3.15. The summed E-state index contributed by atoms with van der Waals surface area (Å²) in [6.07, 6.45) is -4.83. The quantitative estimate of drug-likeness (QED) is 0.262. The van der Waals surface area contributed by atoms with Gasteiger partial charge in [0.1, 0.15) is 24.4 Å². The number of nitrogens with zero attached hydrogens (tertiary/aromatic N) is 1. The van der Waals surface area contributed by atoms with E-state index in [0.29, 0.717) is 5.75 Å². The van der Waals surface area contributed by atoms with Crippen molar-refractivity contribution >= 4 is 5.97 Å². The van der Waals surface area contributed by atoms with E-state index in [1.807, 2.05) is 12.1 Å². The van der Waals surface area contributed by atoms with Crippen LogP contribution >= 0.6 is 0 Å². The third-order valence-corrected chi connectivity index (χ3v) is 8.20. The van der Waals surface area contributed by atoms with E-state index in [9.17, 15) is 30.3 Å². The van der Waals surface area contributed by atoms with Gasteiger partial charge in [-0.2, -0.15) is 0 Å². The number of piperidine rings is 1. The second-order valence-corrected chi connectivity index (χ2v) is 9.76. The van der Waals surface area contributed by atoms with Gasteiger partial charge in [0, 0.05) is 22.9 Å². The van der Waals surface area contributed by atoms with Crippen molar-refractivity contribution in [2.75, 3.05) is 13.6 Å². The van der Waals surface area contributed by atoms with Crippen LogP contribution in [0.1, 0.15) is 17.5 Å². The lowest BCUT2D eigenvalue weighted by atomic mass is 9.53. The Kier molecular flexibility index (Phi) is 4.62. The van der Waals surface area contributed by atoms with Gasteiger partial charge in [-0.05, 0) is 44.1 Å². The van der Waals surface area contributed by atoms with Gasteiger partial charge in [0.15, 0.2) is 30.0 Å². The van der Waals surface area contributed by atoms with E-state index in [2.05, 4.69) is 11.9 Å². The van der Waals surface area contributed by atoms with Crippen molar-refractivity contribution in [2.24, 2.45) is 5.92 Å². The number of benzene rings is 1. The molecule has 0 aromatic heterocycles. The Morgan fingerprint density at radius 3 is 2.73 bits per heavy atom. The number of phenols is 1. The number of rotatable bonds is 2. The van der Waals surface area contributed by atoms with E-state index in [0.717, 1.165) is 30.5 Å². The molecule has 0 radical (unpaired) electrons. The summed E-state index contributed by atoms with van der Waals surface area (Å²) in [7, 11) is 2.10. The number of phenolic OH excluding ortho intramolecular Hbond substituents is 1. The van der Waals surface area contributed by atoms with E-state index < -0.39 is 54.3 Å². The molecule has 2 saturated heterocycles. The van der Waals surface area contributed by atoms with Gasteiger partial charge in [0.25, 0.3) is 0 Å². The van der Waals surface area contributed by atoms with Crippen molar-refractivity contribution in [3.05, 3.63) is 35.4 Å². The Morgan fingerprint density at radius 1 is 1.15 bits per heavy atom. The lowest BCUT2D eigenvalue weighted by Crippen LogP contribution is -2.65. The summed E-state index contributed by atoms with van der Waals surface area (Å²) in [5.74, 6) is -0.397. The number of likely N-dealkylation sites (tertiary alicyclic amines) is 1. The molecule has 5 aliphatic rings. The van der Waals surface area contributed by atoms with Crippen LogP contribution in [0.2, 0.25) is 0 Å². The standard InChI is InChI=1S/C23H27NO9/c1-24-7-6-23-10-3-5-13(31-22(30)19-16(27)15(26)17(28)21(29)33-19)20(23)32-18-12(25)4-2-9(14(18)23)8-11(10)24/h2-5,10-11,13,15-17,19-21,25-29H,6-8H2,1H3/t10-,11+,13-,15-,16-,17+,19-,20-,21+,23-/m0/s1. The fraction of sp³-hybridized carbons (Fsp3) is 0.609. The van der Waals surface area contributed by atoms with E-state index in [1.165, 1.54) is 0 Å². The summed E-state index contributed by atoms with van der Waals surface area (Å²) in [5, 5.41) is 50.2. The molecule has 1 spiro atoms. The first kappa shape index (κ1) is 21.3. The number of ether oxygens (including phenoxy) is 3. The first-order valence-electron chi connectivity index (χ1n) is 11.2. The summed E-state index contributed by atoms with van der Waals surface area (Å²) in [4.78, 5) is 15.3. The van der Waals surface area contributed by atoms with Crippen LogP contribution in [0.15, 0.2) is 24.3 Å². The van der Waals surface area contributed by atoms with E-state index >= 15 is 0 Å². The minimum absolute atomic E-state index is 0.0463. The van der Waals surface area contributed by atoms with E-state index in [1.54, 1.807) is 12.1 Å². The molecule has 2 aliphatic carbocycles. The van der Waals surface area contributed by atoms with Crippen LogP contribution in [-0.2, 0) is 26.1 Å². The second kappa shape index (κ2) is 7.14. The maximum absolute atomic E-state index is 12.9. The Hall–Kier alpha value is -2.21. The summed E-state index contributed by atoms with van der Waals surface area (Å²) < 4.78 is 17.0. The summed E-state index contributed by atoms with van der Waals surface area (Å²) in [6, 6.07) is 3.81. The SMILES string of the molecule is CN1CC[C@]23c4c5ccc(O)c4O[C@H]2[C@@H](OC(=O)[C@H]2O[C@@H](O)[C@H](O)[C@@H](O)[C@@H]2O)C=C[C@H]3[C@H]1C5. The van der Waals surface area contributed by atoms with Crippen LogP contribution < -0.4 is 4.74 Å². The number of esters is 1. The topological polar surface area (TPSA) is 149 Å². The second-order valence-electron chi connectivity index (χ2n) is 9.76. The Bertz CT molecular complexity index is 1030. The molecular weight excluding hydrogens is 434 g/mol. The highest BCUT2D eigenvalue weighted by atomic mass is 16.7. The molecular formula is C23H27NO9. The zero-order chi connectivity index (χ0) is 23.2. The number of carbonyl (C=O) groups is 1. The Balaban J connectivity index is 1.35. The largest absolute Gasteiger partial charge is 0.504 e. The third-order valence-electron chi connectivity index (χ3n) is 8.20. The third kappa shape index (κ3) is 2.73. The highest BCUT2D eigenvalue weighted by Gasteiger charge is 2.65. The number of carbonyl (C=O) groups excluding carboxylic acids is 1. The molecule has 5 N–H and O–H groups in total. The van der Waals surface area contributed by atoms with E-state index in [-0.39, 0.29) is 17.7 Å². The molecule has 178 valence electrons. The monoisotopic (exact) mass is 461 g/mol. The zero-order valence-corrected chi connectivity index (χ0v) is 17.9. The number of aliphatic hydroxyl groups excluding tert-OH is 4. The molecule has 0 amide bonds. The molecule has 1 aromatic carbocycles. The van der Waals surface area contributed by atoms with Crippen LogP contribution in [0.3, 0.4) is 0 Å². The van der Waals surface area contributed by atoms with Gasteiger partial charge in [-0.3, -0.25) is 0 Å². The van der Waals surface area contributed by atoms with Crippen LogP contribution in [0.4, 0.5) is 0 Å². The Labute approximate surface area is 189 Å². The molecule has 0 saturated carbocycles. The first-order valence-corrected chi connectivity index (χ1v) is 11.2. The predicted octanol–water partition coefficient (Wildman–Crippen LogP) is -1.45. The number of aromatic hydroxyl groups is 1. The highest BCUT2D eigenvalue weighted by Crippen LogP contribution is 2.62. The Morgan fingerprint density at radius 2 is 1.94 bits per heavy atom. The molecule has 2 bridgehead atoms. The van der Waals surface area contributed by atoms with Crippen LogP contribution in [0.25, 0.3) is 0 Å². The highest BCUT2D eigenvalue weighted by molar-refractivity contribution is 5.76. The normalized spacial score (nSPS) is 45.3. The molecule has 10 nitrogen and oxygen atoms in total. The maximum Gasteiger partial charge on any atom is 0.338 e. The average molecular weight is 461 g/mol. The lowest BCUT2D eigenvalue weighted by Gasteiger charge is -2.56. The number of hydrogen-bond donors (Lipinski definition) is 5. The molecule has 6 rings (SSSR count). The molecule has 3 aliphatic heterocycles. The van der Waals surface area contributed by atoms with Gasteiger partial charge in [-0.15, -0.1) is 0 Å². The van der Waals surface area contributed by atoms with Gasteiger partial charge >= 0.3 is 5.97 Å². The molecule has 0 unspecified atom stereocenters. The van der Waals surface area contributed by atoms with Crippen molar-refractivity contribution in [2.45, 2.75) is 67.2 Å². The van der Waals surface area contributed by atoms with Gasteiger partial charge < -0.3 is 44.6 Å². The van der Waals surface area contributed by atoms with Gasteiger partial charge in [-0.1, -0.05) is 12.1 Å². The molecule has 2 fully saturated rings. The minimum atomic E-state index is -1.84. The van der Waals surface area contributed by atoms with Crippen molar-refractivity contribution in [3.8, 4) is 11.5 Å². The fourth-order valence-corrected chi connectivity index (χ4v) is 6.58. The lowest BCUT2D eigenvalue weighted by molar-refractivity contribution is -0.282. The minimum Gasteiger partial charge on any atom is -0.504 e. The van der Waals surface area contributed by atoms with Gasteiger partial charge in [0.2, 0.25) is 0 Å². The smallest absolute Gasteiger partial charge is 0.338 e. The predicted molar refractivity (Wildman–Crippen MR) is 110 cm³/mol. The summed E-state index contributed by atoms with van der Waals surface area (Å²) in [5.41, 5.74) is 1.62. The summed E-state index contributed by atoms with van der Waals surface area (Å²) in [6.45, 7) is 0.824. The van der Waals surface area contributed by atoms with Crippen LogP contribution in [0.5, 0.6) is 11.5 Å². The van der Waals surface area contributed by atoms with Gasteiger partial charge in [0.05, 0.1) is 0 Å². The first-order chi connectivity index (χ1) is 15.7. The van der Waals surface area contributed by atoms with Crippen LogP contribution in [-0.4, -0.2) is 98.9 Å². The van der Waals surface area contributed by atoms with Crippen molar-refractivity contribution in [1.82, 2.24) is 4.90 Å². The molecule has 10 heteroatoms. The molecule has 33 heavy (non-hydrogen) atoms. The summed E-state index contributed by atoms with van der Waals surface area (Å²) >= 11 is 0. The zero-order valence-electron chi connectivity index (χ0n) is 17.9. The maximum atomic E-state index is 12.9. The number of hydrogen-bond acceptors (Lipinski definition) is 10. The molecule has 10 atom stereocenters. The van der Waals surface area contributed by atoms with Crippen molar-refractivity contribution < 1.29 is 44.5 Å². The fourth-order valence-electron chi connectivity index (χ4n) is 6.58. The van der Waals surface area contributed by atoms with Crippen molar-refractivity contribution in [3.63, 3.8) is 0 Å². The van der Waals surface area contributed by atoms with E-state index in [4.69, 9.17) is 14.2 Å². The number of aliphatic hydroxyl groups is 4. The van der Waals surface area contributed by atoms with Crippen molar-refractivity contribution in [1.29, 1.82) is 0 Å². The van der Waals surface area contributed by atoms with Crippen LogP contribution in [0, 0.1) is 5.92 Å². The molecule has 3 heterocycles. The molecule has 1 aromatic rings. The number of likely N-dealkylation sites (N-methyl/N-ethyl adjacent to an activating group) is 1. The van der Waals surface area contributed by atoms with Gasteiger partial charge in [-0.25, -0.2) is 4.79 Å².